The van der Waals surface area contributed by atoms with Gasteiger partial charge in [-0.25, -0.2) is 9.18 Å². The van der Waals surface area contributed by atoms with E-state index in [2.05, 4.69) is 0 Å². The summed E-state index contributed by atoms with van der Waals surface area (Å²) in [6, 6.07) is 3.66. The Labute approximate surface area is 153 Å². The minimum Gasteiger partial charge on any atom is -0.484 e. The molecule has 8 heteroatoms. The zero-order chi connectivity index (χ0) is 19.4. The Morgan fingerprint density at radius 2 is 1.92 bits per heavy atom. The van der Waals surface area contributed by atoms with Gasteiger partial charge in [0.05, 0.1) is 5.56 Å². The number of rotatable bonds is 7. The first-order chi connectivity index (χ1) is 12.1. The summed E-state index contributed by atoms with van der Waals surface area (Å²) in [5.74, 6) is -1.89. The molecule has 0 aliphatic heterocycles. The monoisotopic (exact) mass is 388 g/mol. The van der Waals surface area contributed by atoms with Gasteiger partial charge < -0.3 is 9.47 Å². The Morgan fingerprint density at radius 1 is 1.27 bits per heavy atom. The molecule has 146 valence electrons. The summed E-state index contributed by atoms with van der Waals surface area (Å²) >= 11 is 0. The predicted octanol–water partition coefficient (Wildman–Crippen LogP) is 3.61. The summed E-state index contributed by atoms with van der Waals surface area (Å²) in [5, 5.41) is 0. The molecule has 1 aliphatic carbocycles. The van der Waals surface area contributed by atoms with Gasteiger partial charge in [0, 0.05) is 0 Å². The van der Waals surface area contributed by atoms with Crippen LogP contribution in [0.5, 0.6) is 5.75 Å². The van der Waals surface area contributed by atoms with E-state index in [-0.39, 0.29) is 17.2 Å². The standard InChI is InChI=1S/C18H25FO6S/c1-13(2)18(8-4-3-5-9-18)25-16-12-14(6-7-15(16)19)17(20)24-10-11-26(21,22)23/h6-7,12-13H,3-5,8-11H2,1-2H3,(H,21,22,23). The van der Waals surface area contributed by atoms with Crippen LogP contribution in [-0.2, 0) is 14.9 Å². The van der Waals surface area contributed by atoms with E-state index in [1.54, 1.807) is 0 Å². The molecule has 1 aromatic carbocycles. The molecule has 1 aromatic rings. The molecule has 26 heavy (non-hydrogen) atoms. The largest absolute Gasteiger partial charge is 0.484 e. The number of benzene rings is 1. The van der Waals surface area contributed by atoms with Gasteiger partial charge in [-0.05, 0) is 49.8 Å². The lowest BCUT2D eigenvalue weighted by atomic mass is 9.77. The first-order valence-corrected chi connectivity index (χ1v) is 10.3. The van der Waals surface area contributed by atoms with Crippen molar-refractivity contribution in [1.82, 2.24) is 0 Å². The number of hydrogen-bond donors (Lipinski definition) is 1. The number of hydrogen-bond acceptors (Lipinski definition) is 5. The maximum absolute atomic E-state index is 14.2. The smallest absolute Gasteiger partial charge is 0.338 e. The summed E-state index contributed by atoms with van der Waals surface area (Å²) in [6.45, 7) is 3.59. The number of carbonyl (C=O) groups excluding carboxylic acids is 1. The zero-order valence-electron chi connectivity index (χ0n) is 15.0. The Balaban J connectivity index is 2.14. The fourth-order valence-electron chi connectivity index (χ4n) is 3.20. The number of esters is 1. The van der Waals surface area contributed by atoms with Crippen LogP contribution < -0.4 is 4.74 Å². The molecule has 0 saturated heterocycles. The van der Waals surface area contributed by atoms with E-state index in [9.17, 15) is 17.6 Å². The quantitative estimate of drug-likeness (QED) is 0.567. The van der Waals surface area contributed by atoms with E-state index in [1.807, 2.05) is 13.8 Å². The van der Waals surface area contributed by atoms with Crippen LogP contribution in [0.25, 0.3) is 0 Å². The molecule has 0 unspecified atom stereocenters. The number of ether oxygens (including phenoxy) is 2. The third-order valence-corrected chi connectivity index (χ3v) is 5.49. The maximum atomic E-state index is 14.2. The maximum Gasteiger partial charge on any atom is 0.338 e. The summed E-state index contributed by atoms with van der Waals surface area (Å²) in [5.41, 5.74) is -0.404. The lowest BCUT2D eigenvalue weighted by Gasteiger charge is -2.41. The van der Waals surface area contributed by atoms with E-state index < -0.39 is 39.9 Å². The van der Waals surface area contributed by atoms with Gasteiger partial charge >= 0.3 is 5.97 Å². The molecule has 0 radical (unpaired) electrons. The Hall–Kier alpha value is -1.67. The average Bonchev–Trinajstić information content (AvgIpc) is 2.56. The zero-order valence-corrected chi connectivity index (χ0v) is 15.9. The first kappa shape index (κ1) is 20.6. The van der Waals surface area contributed by atoms with Gasteiger partial charge in [-0.2, -0.15) is 8.42 Å². The molecule has 0 bridgehead atoms. The molecule has 1 saturated carbocycles. The second-order valence-electron chi connectivity index (χ2n) is 6.95. The fourth-order valence-corrected chi connectivity index (χ4v) is 3.49. The normalized spacial score (nSPS) is 17.1. The van der Waals surface area contributed by atoms with Crippen molar-refractivity contribution in [3.05, 3.63) is 29.6 Å². The van der Waals surface area contributed by atoms with Crippen LogP contribution in [0, 0.1) is 11.7 Å². The highest BCUT2D eigenvalue weighted by Crippen LogP contribution is 2.39. The molecular formula is C18H25FO6S. The Bertz CT molecular complexity index is 738. The molecule has 0 spiro atoms. The average molecular weight is 388 g/mol. The summed E-state index contributed by atoms with van der Waals surface area (Å²) in [6.07, 6.45) is 4.80. The van der Waals surface area contributed by atoms with E-state index in [1.165, 1.54) is 12.1 Å². The molecular weight excluding hydrogens is 363 g/mol. The van der Waals surface area contributed by atoms with Crippen molar-refractivity contribution < 1.29 is 31.6 Å². The lowest BCUT2D eigenvalue weighted by molar-refractivity contribution is -0.0150. The van der Waals surface area contributed by atoms with Gasteiger partial charge in [0.15, 0.2) is 11.6 Å². The summed E-state index contributed by atoms with van der Waals surface area (Å²) in [7, 11) is -4.22. The van der Waals surface area contributed by atoms with Crippen LogP contribution in [0.2, 0.25) is 0 Å². The highest BCUT2D eigenvalue weighted by atomic mass is 32.2. The number of halogens is 1. The molecule has 1 fully saturated rings. The van der Waals surface area contributed by atoms with Crippen LogP contribution in [-0.4, -0.2) is 36.9 Å². The van der Waals surface area contributed by atoms with Crippen molar-refractivity contribution in [3.63, 3.8) is 0 Å². The van der Waals surface area contributed by atoms with Crippen molar-refractivity contribution in [2.24, 2.45) is 5.92 Å². The minimum atomic E-state index is -4.22. The first-order valence-electron chi connectivity index (χ1n) is 8.74. The molecule has 0 atom stereocenters. The Kier molecular flexibility index (Phi) is 6.63. The van der Waals surface area contributed by atoms with Gasteiger partial charge in [-0.3, -0.25) is 4.55 Å². The van der Waals surface area contributed by atoms with Gasteiger partial charge in [0.1, 0.15) is 18.0 Å². The van der Waals surface area contributed by atoms with E-state index >= 15 is 0 Å². The van der Waals surface area contributed by atoms with Gasteiger partial charge in [0.25, 0.3) is 10.1 Å². The van der Waals surface area contributed by atoms with Crippen LogP contribution in [0.3, 0.4) is 0 Å². The van der Waals surface area contributed by atoms with Crippen LogP contribution in [0.15, 0.2) is 18.2 Å². The van der Waals surface area contributed by atoms with Gasteiger partial charge in [-0.1, -0.05) is 20.3 Å². The SMILES string of the molecule is CC(C)C1(Oc2cc(C(=O)OCCS(=O)(=O)O)ccc2F)CCCCC1. The second kappa shape index (κ2) is 8.35. The van der Waals surface area contributed by atoms with Crippen LogP contribution >= 0.6 is 0 Å². The lowest BCUT2D eigenvalue weighted by Crippen LogP contribution is -2.43. The second-order valence-corrected chi connectivity index (χ2v) is 8.52. The predicted molar refractivity (Wildman–Crippen MR) is 94.4 cm³/mol. The molecule has 0 heterocycles. The highest BCUT2D eigenvalue weighted by molar-refractivity contribution is 7.85. The number of carbonyl (C=O) groups is 1. The topological polar surface area (TPSA) is 89.9 Å². The summed E-state index contributed by atoms with van der Waals surface area (Å²) < 4.78 is 55.1. The Morgan fingerprint density at radius 3 is 2.50 bits per heavy atom. The third-order valence-electron chi connectivity index (χ3n) is 4.81. The van der Waals surface area contributed by atoms with Crippen molar-refractivity contribution in [2.45, 2.75) is 51.6 Å². The molecule has 6 nitrogen and oxygen atoms in total. The van der Waals surface area contributed by atoms with E-state index in [0.717, 1.165) is 38.2 Å². The molecule has 2 rings (SSSR count). The van der Waals surface area contributed by atoms with Crippen molar-refractivity contribution in [1.29, 1.82) is 0 Å². The van der Waals surface area contributed by atoms with Crippen molar-refractivity contribution >= 4 is 16.1 Å². The van der Waals surface area contributed by atoms with E-state index in [4.69, 9.17) is 14.0 Å². The molecule has 1 aliphatic rings. The third kappa shape index (κ3) is 5.41. The minimum absolute atomic E-state index is 0.00942. The van der Waals surface area contributed by atoms with Crippen LogP contribution in [0.1, 0.15) is 56.3 Å². The molecule has 0 amide bonds. The molecule has 0 aromatic heterocycles. The van der Waals surface area contributed by atoms with Crippen molar-refractivity contribution in [2.75, 3.05) is 12.4 Å². The van der Waals surface area contributed by atoms with Crippen molar-refractivity contribution in [3.8, 4) is 5.75 Å². The van der Waals surface area contributed by atoms with E-state index in [0.29, 0.717) is 0 Å². The van der Waals surface area contributed by atoms with Gasteiger partial charge in [0.2, 0.25) is 0 Å². The fraction of sp³-hybridized carbons (Fsp3) is 0.611. The summed E-state index contributed by atoms with van der Waals surface area (Å²) in [4.78, 5) is 12.0. The molecule has 1 N–H and O–H groups in total. The van der Waals surface area contributed by atoms with Gasteiger partial charge in [-0.15, -0.1) is 0 Å². The highest BCUT2D eigenvalue weighted by Gasteiger charge is 2.38. The van der Waals surface area contributed by atoms with Crippen LogP contribution in [0.4, 0.5) is 4.39 Å².